The van der Waals surface area contributed by atoms with Crippen LogP contribution < -0.4 is 10.2 Å². The van der Waals surface area contributed by atoms with Crippen molar-refractivity contribution in [2.75, 3.05) is 43.4 Å². The van der Waals surface area contributed by atoms with E-state index in [0.717, 1.165) is 42.3 Å². The molecule has 6 nitrogen and oxygen atoms in total. The zero-order valence-electron chi connectivity index (χ0n) is 22.6. The Bertz CT molecular complexity index is 1530. The van der Waals surface area contributed by atoms with Gasteiger partial charge in [-0.3, -0.25) is 4.79 Å². The highest BCUT2D eigenvalue weighted by Crippen LogP contribution is 2.56. The van der Waals surface area contributed by atoms with E-state index in [2.05, 4.69) is 50.3 Å². The molecule has 4 aromatic rings. The summed E-state index contributed by atoms with van der Waals surface area (Å²) < 4.78 is 14.8. The molecule has 8 heteroatoms. The van der Waals surface area contributed by atoms with Crippen LogP contribution in [0.25, 0.3) is 11.3 Å². The number of thiophene rings is 1. The molecule has 2 bridgehead atoms. The quantitative estimate of drug-likeness (QED) is 0.259. The Labute approximate surface area is 237 Å². The summed E-state index contributed by atoms with van der Waals surface area (Å²) in [4.78, 5) is 29.1. The number of fused-ring (bicyclic) bond motifs is 5. The fourth-order valence-corrected chi connectivity index (χ4v) is 7.69. The topological polar surface area (TPSA) is 61.4 Å². The summed E-state index contributed by atoms with van der Waals surface area (Å²) in [7, 11) is 2.16. The maximum Gasteiger partial charge on any atom is 0.227 e. The molecule has 40 heavy (non-hydrogen) atoms. The molecule has 1 aliphatic heterocycles. The lowest BCUT2D eigenvalue weighted by atomic mass is 9.98. The van der Waals surface area contributed by atoms with Gasteiger partial charge in [0.1, 0.15) is 5.82 Å². The Hall–Kier alpha value is -3.62. The van der Waals surface area contributed by atoms with E-state index in [9.17, 15) is 9.18 Å². The van der Waals surface area contributed by atoms with Crippen LogP contribution in [0.5, 0.6) is 0 Å². The van der Waals surface area contributed by atoms with E-state index in [4.69, 9.17) is 0 Å². The van der Waals surface area contributed by atoms with Gasteiger partial charge in [-0.2, -0.15) is 0 Å². The Morgan fingerprint density at radius 3 is 2.62 bits per heavy atom. The van der Waals surface area contributed by atoms with Gasteiger partial charge in [-0.25, -0.2) is 14.4 Å². The molecule has 1 saturated carbocycles. The average Bonchev–Trinajstić information content (AvgIpc) is 3.70. The molecule has 1 saturated heterocycles. The summed E-state index contributed by atoms with van der Waals surface area (Å²) in [5.41, 5.74) is 5.30. The first-order valence-corrected chi connectivity index (χ1v) is 14.9. The van der Waals surface area contributed by atoms with Crippen LogP contribution in [0.1, 0.15) is 56.8 Å². The highest BCUT2D eigenvalue weighted by atomic mass is 32.1. The molecule has 2 unspecified atom stereocenters. The van der Waals surface area contributed by atoms with Gasteiger partial charge < -0.3 is 15.1 Å². The van der Waals surface area contributed by atoms with Gasteiger partial charge in [-0.15, -0.1) is 11.3 Å². The van der Waals surface area contributed by atoms with Crippen molar-refractivity contribution in [3.05, 3.63) is 87.5 Å². The van der Waals surface area contributed by atoms with Crippen molar-refractivity contribution in [2.24, 2.45) is 0 Å². The molecule has 2 atom stereocenters. The molecule has 3 aliphatic rings. The van der Waals surface area contributed by atoms with Crippen molar-refractivity contribution in [2.45, 2.75) is 37.5 Å². The van der Waals surface area contributed by atoms with E-state index in [1.165, 1.54) is 41.5 Å². The van der Waals surface area contributed by atoms with E-state index in [-0.39, 0.29) is 18.0 Å². The lowest BCUT2D eigenvalue weighted by Crippen LogP contribution is -2.44. The SMILES string of the molecule is CN1CCN(c2ccc(Nc3nccc(-c4ccc(F)c(CC(=O)c5cc6c(s5)C5CCC6C5)c4)n3)cc2)CC1. The third-order valence-corrected chi connectivity index (χ3v) is 10.0. The zero-order valence-corrected chi connectivity index (χ0v) is 23.4. The molecular formula is C32H32FN5OS. The van der Waals surface area contributed by atoms with Crippen molar-refractivity contribution in [3.8, 4) is 11.3 Å². The molecular weight excluding hydrogens is 521 g/mol. The second-order valence-corrected chi connectivity index (χ2v) is 12.4. The van der Waals surface area contributed by atoms with Crippen LogP contribution in [0.2, 0.25) is 0 Å². The van der Waals surface area contributed by atoms with E-state index in [0.29, 0.717) is 29.0 Å². The average molecular weight is 554 g/mol. The first-order chi connectivity index (χ1) is 19.5. The van der Waals surface area contributed by atoms with Gasteiger partial charge in [-0.05, 0) is 104 Å². The van der Waals surface area contributed by atoms with E-state index >= 15 is 0 Å². The summed E-state index contributed by atoms with van der Waals surface area (Å²) >= 11 is 1.63. The predicted octanol–water partition coefficient (Wildman–Crippen LogP) is 6.63. The van der Waals surface area contributed by atoms with Gasteiger partial charge in [-0.1, -0.05) is 0 Å². The number of nitrogens with one attached hydrogen (secondary N) is 1. The summed E-state index contributed by atoms with van der Waals surface area (Å²) in [6, 6.07) is 17.1. The number of aromatic nitrogens is 2. The van der Waals surface area contributed by atoms with Crippen molar-refractivity contribution >= 4 is 34.4 Å². The highest BCUT2D eigenvalue weighted by molar-refractivity contribution is 7.14. The van der Waals surface area contributed by atoms with Gasteiger partial charge in [0.25, 0.3) is 0 Å². The summed E-state index contributed by atoms with van der Waals surface area (Å²) in [5.74, 6) is 1.33. The molecule has 1 N–H and O–H groups in total. The number of nitrogens with zero attached hydrogens (tertiary/aromatic N) is 4. The van der Waals surface area contributed by atoms with Crippen molar-refractivity contribution in [3.63, 3.8) is 0 Å². The lowest BCUT2D eigenvalue weighted by molar-refractivity contribution is 0.0995. The van der Waals surface area contributed by atoms with E-state index in [1.807, 2.05) is 12.1 Å². The second kappa shape index (κ2) is 10.4. The van der Waals surface area contributed by atoms with Crippen LogP contribution in [0.4, 0.5) is 21.7 Å². The van der Waals surface area contributed by atoms with Crippen LogP contribution in [0.3, 0.4) is 0 Å². The number of hydrogen-bond acceptors (Lipinski definition) is 7. The molecule has 7 rings (SSSR count). The largest absolute Gasteiger partial charge is 0.369 e. The smallest absolute Gasteiger partial charge is 0.227 e. The molecule has 2 aromatic heterocycles. The summed E-state index contributed by atoms with van der Waals surface area (Å²) in [6.07, 6.45) is 5.45. The van der Waals surface area contributed by atoms with Crippen LogP contribution in [-0.2, 0) is 6.42 Å². The maximum absolute atomic E-state index is 14.8. The Morgan fingerprint density at radius 1 is 1.02 bits per heavy atom. The molecule has 2 aliphatic carbocycles. The van der Waals surface area contributed by atoms with Gasteiger partial charge in [0.2, 0.25) is 5.95 Å². The number of benzene rings is 2. The Kier molecular flexibility index (Phi) is 6.60. The summed E-state index contributed by atoms with van der Waals surface area (Å²) in [5, 5.41) is 3.29. The Morgan fingerprint density at radius 2 is 1.82 bits per heavy atom. The van der Waals surface area contributed by atoms with E-state index < -0.39 is 0 Å². The number of carbonyl (C=O) groups excluding carboxylic acids is 1. The number of hydrogen-bond donors (Lipinski definition) is 1. The number of carbonyl (C=O) groups is 1. The van der Waals surface area contributed by atoms with Crippen molar-refractivity contribution in [1.29, 1.82) is 0 Å². The number of Topliss-reactive ketones (excluding diaryl/α,β-unsaturated/α-hetero) is 1. The molecule has 0 amide bonds. The van der Waals surface area contributed by atoms with E-state index in [1.54, 1.807) is 35.7 Å². The number of rotatable bonds is 7. The zero-order chi connectivity index (χ0) is 27.2. The van der Waals surface area contributed by atoms with Crippen molar-refractivity contribution < 1.29 is 9.18 Å². The van der Waals surface area contributed by atoms with Crippen LogP contribution in [-0.4, -0.2) is 53.9 Å². The number of piperazine rings is 1. The lowest BCUT2D eigenvalue weighted by Gasteiger charge is -2.34. The maximum atomic E-state index is 14.8. The third-order valence-electron chi connectivity index (χ3n) is 8.65. The van der Waals surface area contributed by atoms with Crippen molar-refractivity contribution in [1.82, 2.24) is 14.9 Å². The number of likely N-dealkylation sites (N-methyl/N-ethyl adjacent to an activating group) is 1. The highest BCUT2D eigenvalue weighted by Gasteiger charge is 2.39. The minimum absolute atomic E-state index is 0.0140. The van der Waals surface area contributed by atoms with Gasteiger partial charge in [0.05, 0.1) is 10.6 Å². The van der Waals surface area contributed by atoms with Crippen LogP contribution in [0.15, 0.2) is 60.8 Å². The monoisotopic (exact) mass is 553 g/mol. The molecule has 3 heterocycles. The van der Waals surface area contributed by atoms with Crippen LogP contribution in [0, 0.1) is 5.82 Å². The fourth-order valence-electron chi connectivity index (χ4n) is 6.36. The van der Waals surface area contributed by atoms with Gasteiger partial charge in [0.15, 0.2) is 5.78 Å². The normalized spacial score (nSPS) is 20.1. The first kappa shape index (κ1) is 25.4. The minimum Gasteiger partial charge on any atom is -0.369 e. The number of halogens is 1. The summed E-state index contributed by atoms with van der Waals surface area (Å²) in [6.45, 7) is 4.18. The first-order valence-electron chi connectivity index (χ1n) is 14.1. The number of anilines is 3. The number of ketones is 1. The third kappa shape index (κ3) is 4.90. The fraction of sp³-hybridized carbons (Fsp3) is 0.344. The van der Waals surface area contributed by atoms with Crippen LogP contribution >= 0.6 is 11.3 Å². The molecule has 0 spiro atoms. The van der Waals surface area contributed by atoms with Gasteiger partial charge >= 0.3 is 0 Å². The minimum atomic E-state index is -0.367. The standard InChI is InChI=1S/C32H32FN5OS/c1-37-12-14-38(15-13-37)25-7-5-24(6-8-25)35-32-34-11-10-28(36-32)21-4-9-27(33)23(17-21)18-29(39)30-19-26-20-2-3-22(16-20)31(26)40-30/h4-11,17,19-20,22H,2-3,12-16,18H2,1H3,(H,34,35,36). The molecule has 0 radical (unpaired) electrons. The van der Waals surface area contributed by atoms with Gasteiger partial charge in [0, 0.05) is 60.6 Å². The molecule has 204 valence electrons. The molecule has 2 fully saturated rings. The Balaban J connectivity index is 1.05. The second-order valence-electron chi connectivity index (χ2n) is 11.3. The molecule has 2 aromatic carbocycles. The predicted molar refractivity (Wildman–Crippen MR) is 159 cm³/mol.